The van der Waals surface area contributed by atoms with E-state index in [1.807, 2.05) is 42.0 Å². The Labute approximate surface area is 142 Å². The molecular formula is C17H23N3O3S. The highest BCUT2D eigenvalue weighted by atomic mass is 32.2. The first-order valence-corrected chi connectivity index (χ1v) is 9.89. The Hall–Kier alpha value is -1.70. The maximum atomic E-state index is 12.2. The summed E-state index contributed by atoms with van der Waals surface area (Å²) in [7, 11) is -3.31. The lowest BCUT2D eigenvalue weighted by atomic mass is 10.1. The van der Waals surface area contributed by atoms with Gasteiger partial charge in [-0.1, -0.05) is 12.1 Å². The number of benzene rings is 1. The zero-order chi connectivity index (χ0) is 17.0. The summed E-state index contributed by atoms with van der Waals surface area (Å²) in [5, 5.41) is 0. The van der Waals surface area contributed by atoms with Crippen molar-refractivity contribution in [3.05, 3.63) is 48.5 Å². The van der Waals surface area contributed by atoms with Crippen LogP contribution < -0.4 is 4.72 Å². The zero-order valence-electron chi connectivity index (χ0n) is 13.8. The Morgan fingerprint density at radius 2 is 2.17 bits per heavy atom. The first-order valence-electron chi connectivity index (χ1n) is 8.23. The predicted molar refractivity (Wildman–Crippen MR) is 92.5 cm³/mol. The van der Waals surface area contributed by atoms with E-state index < -0.39 is 10.0 Å². The smallest absolute Gasteiger partial charge is 0.212 e. The van der Waals surface area contributed by atoms with Crippen LogP contribution in [0.2, 0.25) is 0 Å². The van der Waals surface area contributed by atoms with Crippen LogP contribution in [0.3, 0.4) is 0 Å². The van der Waals surface area contributed by atoms with Crippen LogP contribution in [0.15, 0.2) is 43.0 Å². The standard InChI is InChI=1S/C17H23N3O3S/c1-14(19-24(21,22)12-8-17-3-2-11-23-17)15-4-6-16(7-5-15)20-10-9-18-13-20/h4-7,9-10,13-14,17,19H,2-3,8,11-12H2,1H3/t14-,17+/m1/s1. The summed E-state index contributed by atoms with van der Waals surface area (Å²) in [5.74, 6) is 0.106. The molecule has 2 atom stereocenters. The molecule has 0 spiro atoms. The molecule has 1 aromatic heterocycles. The number of hydrogen-bond donors (Lipinski definition) is 1. The third-order valence-corrected chi connectivity index (χ3v) is 5.77. The SMILES string of the molecule is C[C@@H](NS(=O)(=O)CC[C@@H]1CCCO1)c1ccc(-n2ccnc2)cc1. The fourth-order valence-electron chi connectivity index (χ4n) is 2.90. The first-order chi connectivity index (χ1) is 11.5. The molecule has 0 saturated carbocycles. The maximum absolute atomic E-state index is 12.2. The predicted octanol–water partition coefficient (Wildman–Crippen LogP) is 2.42. The zero-order valence-corrected chi connectivity index (χ0v) is 14.6. The highest BCUT2D eigenvalue weighted by molar-refractivity contribution is 7.89. The molecule has 1 fully saturated rings. The normalized spacial score (nSPS) is 19.5. The van der Waals surface area contributed by atoms with Gasteiger partial charge in [0.25, 0.3) is 0 Å². The Bertz CT molecular complexity index is 736. The summed E-state index contributed by atoms with van der Waals surface area (Å²) in [5.41, 5.74) is 1.92. The number of ether oxygens (including phenoxy) is 1. The Morgan fingerprint density at radius 1 is 1.38 bits per heavy atom. The van der Waals surface area contributed by atoms with Gasteiger partial charge >= 0.3 is 0 Å². The van der Waals surface area contributed by atoms with Crippen LogP contribution >= 0.6 is 0 Å². The third kappa shape index (κ3) is 4.43. The average Bonchev–Trinajstić information content (AvgIpc) is 3.26. The van der Waals surface area contributed by atoms with Crippen molar-refractivity contribution in [2.24, 2.45) is 0 Å². The quantitative estimate of drug-likeness (QED) is 0.833. The molecule has 7 heteroatoms. The number of hydrogen-bond acceptors (Lipinski definition) is 4. The van der Waals surface area contributed by atoms with Crippen LogP contribution in [-0.4, -0.2) is 36.4 Å². The number of nitrogens with zero attached hydrogens (tertiary/aromatic N) is 2. The molecule has 6 nitrogen and oxygen atoms in total. The lowest BCUT2D eigenvalue weighted by Gasteiger charge is -2.16. The van der Waals surface area contributed by atoms with Gasteiger partial charge in [-0.15, -0.1) is 0 Å². The third-order valence-electron chi connectivity index (χ3n) is 4.28. The molecule has 24 heavy (non-hydrogen) atoms. The van der Waals surface area contributed by atoms with Gasteiger partial charge in [0.15, 0.2) is 0 Å². The molecule has 0 bridgehead atoms. The van der Waals surface area contributed by atoms with Crippen molar-refractivity contribution < 1.29 is 13.2 Å². The van der Waals surface area contributed by atoms with Gasteiger partial charge in [0.1, 0.15) is 0 Å². The van der Waals surface area contributed by atoms with Crippen LogP contribution in [0.1, 0.15) is 37.8 Å². The summed E-state index contributed by atoms with van der Waals surface area (Å²) in [6.07, 6.45) is 7.95. The van der Waals surface area contributed by atoms with E-state index in [4.69, 9.17) is 4.74 Å². The number of imidazole rings is 1. The molecule has 1 aliphatic heterocycles. The fraction of sp³-hybridized carbons (Fsp3) is 0.471. The van der Waals surface area contributed by atoms with E-state index in [1.54, 1.807) is 12.5 Å². The molecule has 1 saturated heterocycles. The van der Waals surface area contributed by atoms with Crippen molar-refractivity contribution in [3.63, 3.8) is 0 Å². The molecule has 0 amide bonds. The number of nitrogens with one attached hydrogen (secondary N) is 1. The summed E-state index contributed by atoms with van der Waals surface area (Å²) >= 11 is 0. The Balaban J connectivity index is 1.58. The van der Waals surface area contributed by atoms with E-state index in [2.05, 4.69) is 9.71 Å². The van der Waals surface area contributed by atoms with Crippen LogP contribution in [0.4, 0.5) is 0 Å². The Kier molecular flexibility index (Phi) is 5.33. The van der Waals surface area contributed by atoms with Gasteiger partial charge in [-0.3, -0.25) is 0 Å². The van der Waals surface area contributed by atoms with Gasteiger partial charge < -0.3 is 9.30 Å². The molecule has 1 N–H and O–H groups in total. The second kappa shape index (κ2) is 7.46. The number of aromatic nitrogens is 2. The summed E-state index contributed by atoms with van der Waals surface area (Å²) in [4.78, 5) is 4.02. The second-order valence-electron chi connectivity index (χ2n) is 6.14. The summed E-state index contributed by atoms with van der Waals surface area (Å²) in [6, 6.07) is 7.50. The Morgan fingerprint density at radius 3 is 2.79 bits per heavy atom. The molecular weight excluding hydrogens is 326 g/mol. The van der Waals surface area contributed by atoms with Crippen molar-refractivity contribution in [3.8, 4) is 5.69 Å². The van der Waals surface area contributed by atoms with Crippen LogP contribution in [0.5, 0.6) is 0 Å². The lowest BCUT2D eigenvalue weighted by molar-refractivity contribution is 0.108. The minimum absolute atomic E-state index is 0.0892. The number of sulfonamides is 1. The molecule has 0 unspecified atom stereocenters. The highest BCUT2D eigenvalue weighted by Crippen LogP contribution is 2.19. The largest absolute Gasteiger partial charge is 0.378 e. The van der Waals surface area contributed by atoms with Crippen molar-refractivity contribution >= 4 is 10.0 Å². The van der Waals surface area contributed by atoms with E-state index in [9.17, 15) is 8.42 Å². The van der Waals surface area contributed by atoms with Gasteiger partial charge in [-0.05, 0) is 43.9 Å². The fourth-order valence-corrected chi connectivity index (χ4v) is 4.27. The number of rotatable bonds is 7. The topological polar surface area (TPSA) is 73.2 Å². The first kappa shape index (κ1) is 17.1. The van der Waals surface area contributed by atoms with Crippen molar-refractivity contribution in [2.45, 2.75) is 38.3 Å². The lowest BCUT2D eigenvalue weighted by Crippen LogP contribution is -2.30. The molecule has 0 aliphatic carbocycles. The van der Waals surface area contributed by atoms with Crippen LogP contribution in [0.25, 0.3) is 5.69 Å². The van der Waals surface area contributed by atoms with Gasteiger partial charge in [0, 0.05) is 30.7 Å². The van der Waals surface area contributed by atoms with E-state index in [0.717, 1.165) is 30.7 Å². The second-order valence-corrected chi connectivity index (χ2v) is 8.02. The minimum atomic E-state index is -3.31. The average molecular weight is 349 g/mol. The van der Waals surface area contributed by atoms with Gasteiger partial charge in [0.05, 0.1) is 18.2 Å². The molecule has 1 aliphatic rings. The monoisotopic (exact) mass is 349 g/mol. The van der Waals surface area contributed by atoms with E-state index >= 15 is 0 Å². The summed E-state index contributed by atoms with van der Waals surface area (Å²) in [6.45, 7) is 2.60. The van der Waals surface area contributed by atoms with Crippen molar-refractivity contribution in [2.75, 3.05) is 12.4 Å². The molecule has 2 heterocycles. The van der Waals surface area contributed by atoms with Crippen molar-refractivity contribution in [1.82, 2.24) is 14.3 Å². The molecule has 0 radical (unpaired) electrons. The highest BCUT2D eigenvalue weighted by Gasteiger charge is 2.21. The molecule has 2 aromatic rings. The van der Waals surface area contributed by atoms with Gasteiger partial charge in [-0.2, -0.15) is 0 Å². The van der Waals surface area contributed by atoms with E-state index in [1.165, 1.54) is 0 Å². The minimum Gasteiger partial charge on any atom is -0.378 e. The van der Waals surface area contributed by atoms with E-state index in [0.29, 0.717) is 6.42 Å². The van der Waals surface area contributed by atoms with Crippen molar-refractivity contribution in [1.29, 1.82) is 0 Å². The molecule has 130 valence electrons. The van der Waals surface area contributed by atoms with Crippen LogP contribution in [-0.2, 0) is 14.8 Å². The van der Waals surface area contributed by atoms with Gasteiger partial charge in [0.2, 0.25) is 10.0 Å². The van der Waals surface area contributed by atoms with Gasteiger partial charge in [-0.25, -0.2) is 18.1 Å². The summed E-state index contributed by atoms with van der Waals surface area (Å²) < 4.78 is 34.6. The molecule has 1 aromatic carbocycles. The maximum Gasteiger partial charge on any atom is 0.212 e. The van der Waals surface area contributed by atoms with E-state index in [-0.39, 0.29) is 17.9 Å². The molecule has 3 rings (SSSR count). The van der Waals surface area contributed by atoms with Crippen LogP contribution in [0, 0.1) is 0 Å².